The molecule has 0 fully saturated rings. The Morgan fingerprint density at radius 3 is 1.00 bits per heavy atom. The van der Waals surface area contributed by atoms with Gasteiger partial charge in [-0.05, 0) is 0 Å². The summed E-state index contributed by atoms with van der Waals surface area (Å²) in [5, 5.41) is 0. The zero-order valence-electron chi connectivity index (χ0n) is 2.00. The van der Waals surface area contributed by atoms with E-state index in [4.69, 9.17) is 0 Å². The Labute approximate surface area is 77.1 Å². The van der Waals surface area contributed by atoms with Gasteiger partial charge in [0.1, 0.15) is 0 Å². The van der Waals surface area contributed by atoms with Crippen LogP contribution >= 0.6 is 0 Å². The van der Waals surface area contributed by atoms with Crippen molar-refractivity contribution in [2.45, 2.75) is 0 Å². The summed E-state index contributed by atoms with van der Waals surface area (Å²) in [5.41, 5.74) is 0. The van der Waals surface area contributed by atoms with Gasteiger partial charge in [0.2, 0.25) is 0 Å². The smallest absolute Gasteiger partial charge is 0 e. The third kappa shape index (κ3) is 22.6. The number of rotatable bonds is 0. The van der Waals surface area contributed by atoms with E-state index >= 15 is 0 Å². The molecule has 0 unspecified atom stereocenters. The van der Waals surface area contributed by atoms with Gasteiger partial charge in [-0.2, -0.15) is 0 Å². The summed E-state index contributed by atoms with van der Waals surface area (Å²) < 4.78 is 0. The van der Waals surface area contributed by atoms with Crippen LogP contribution in [0.25, 0.3) is 0 Å². The maximum absolute atomic E-state index is 0. The predicted molar refractivity (Wildman–Crippen MR) is 3.61 cm³/mol. The summed E-state index contributed by atoms with van der Waals surface area (Å²) in [4.78, 5) is 0. The van der Waals surface area contributed by atoms with Gasteiger partial charge in [-0.1, -0.05) is 0 Å². The Kier molecular flexibility index (Phi) is 394. The Morgan fingerprint density at radius 2 is 1.00 bits per heavy atom. The van der Waals surface area contributed by atoms with E-state index in [2.05, 4.69) is 0 Å². The summed E-state index contributed by atoms with van der Waals surface area (Å²) in [6, 6.07) is 0. The quantitative estimate of drug-likeness (QED) is 0.497. The second-order valence-corrected chi connectivity index (χ2v) is 0. The minimum Gasteiger partial charge on any atom is -0.412 e. The van der Waals surface area contributed by atoms with Crippen molar-refractivity contribution in [1.82, 2.24) is 0 Å². The third-order valence-corrected chi connectivity index (χ3v) is 0. The van der Waals surface area contributed by atoms with Crippen LogP contribution in [0.5, 0.6) is 0 Å². The standard InChI is InChI=1S/Cu.Mn.Ni.H2O.Ti/h;;;1H2;. The van der Waals surface area contributed by atoms with Crippen molar-refractivity contribution in [3.05, 3.63) is 0 Å². The molecule has 5 heavy (non-hydrogen) atoms. The van der Waals surface area contributed by atoms with E-state index in [9.17, 15) is 0 Å². The van der Waals surface area contributed by atoms with Gasteiger partial charge in [-0.25, -0.2) is 0 Å². The van der Waals surface area contributed by atoms with Crippen LogP contribution in [-0.2, 0) is 72.3 Å². The van der Waals surface area contributed by atoms with Gasteiger partial charge in [0, 0.05) is 72.3 Å². The molecule has 1 nitrogen and oxygen atoms in total. The molecular formula is H2CuMnNiOTi. The van der Waals surface area contributed by atoms with E-state index in [0.717, 1.165) is 0 Å². The second-order valence-electron chi connectivity index (χ2n) is 0. The van der Waals surface area contributed by atoms with Crippen LogP contribution in [0.2, 0.25) is 0 Å². The first kappa shape index (κ1) is 57.0. The molecule has 0 aliphatic heterocycles. The number of hydrogen-bond acceptors (Lipinski definition) is 0. The molecule has 0 spiro atoms. The first-order chi connectivity index (χ1) is 0. The minimum absolute atomic E-state index is 0. The fraction of sp³-hybridized carbons (Fsp3) is 0. The first-order valence-corrected chi connectivity index (χ1v) is 0. The van der Waals surface area contributed by atoms with Crippen LogP contribution in [0.15, 0.2) is 0 Å². The van der Waals surface area contributed by atoms with Crippen LogP contribution in [-0.4, -0.2) is 5.48 Å². The van der Waals surface area contributed by atoms with Crippen LogP contribution in [0.1, 0.15) is 0 Å². The van der Waals surface area contributed by atoms with Crippen LogP contribution in [0.3, 0.4) is 0 Å². The van der Waals surface area contributed by atoms with Crippen LogP contribution in [0, 0.1) is 0 Å². The van der Waals surface area contributed by atoms with E-state index in [-0.39, 0.29) is 77.8 Å². The Morgan fingerprint density at radius 1 is 1.00 bits per heavy atom. The second kappa shape index (κ2) is 34.6. The molecule has 0 aromatic heterocycles. The Balaban J connectivity index is 0. The molecule has 2 N–H and O–H groups in total. The molecule has 0 aromatic rings. The van der Waals surface area contributed by atoms with E-state index in [1.54, 1.807) is 0 Å². The molecule has 40 valence electrons. The fourth-order valence-electron chi connectivity index (χ4n) is 0. The predicted octanol–water partition coefficient (Wildman–Crippen LogP) is -0.835. The monoisotopic (exact) mass is 242 g/mol. The normalized spacial score (nSPS) is 0. The molecular weight excluding hydrogens is 241 g/mol. The molecule has 0 bridgehead atoms. The van der Waals surface area contributed by atoms with Crippen molar-refractivity contribution in [3.63, 3.8) is 0 Å². The summed E-state index contributed by atoms with van der Waals surface area (Å²) >= 11 is 0. The van der Waals surface area contributed by atoms with Crippen LogP contribution in [0.4, 0.5) is 0 Å². The van der Waals surface area contributed by atoms with Gasteiger partial charge in [-0.3, -0.25) is 0 Å². The van der Waals surface area contributed by atoms with Crippen molar-refractivity contribution in [1.29, 1.82) is 0 Å². The van der Waals surface area contributed by atoms with Crippen molar-refractivity contribution < 1.29 is 77.8 Å². The average Bonchev–Trinajstić information content (AvgIpc) is 0. The molecule has 5 heteroatoms. The topological polar surface area (TPSA) is 31.5 Å². The molecule has 0 atom stereocenters. The van der Waals surface area contributed by atoms with Gasteiger partial charge in [0.05, 0.1) is 0 Å². The minimum atomic E-state index is 0. The van der Waals surface area contributed by atoms with Gasteiger partial charge >= 0.3 is 0 Å². The SMILES string of the molecule is O.[Cu].[Mn].[Ni].[Ti]. The van der Waals surface area contributed by atoms with E-state index in [0.29, 0.717) is 0 Å². The third-order valence-electron chi connectivity index (χ3n) is 0. The molecule has 0 heterocycles. The molecule has 0 aliphatic rings. The zero-order chi connectivity index (χ0) is 0. The maximum Gasteiger partial charge on any atom is 0 e. The van der Waals surface area contributed by atoms with Crippen molar-refractivity contribution >= 4 is 0 Å². The maximum atomic E-state index is 0. The molecule has 0 saturated carbocycles. The average molecular weight is 243 g/mol. The Hall–Kier alpha value is 2.21. The van der Waals surface area contributed by atoms with Gasteiger partial charge in [0.15, 0.2) is 0 Å². The van der Waals surface area contributed by atoms with Gasteiger partial charge in [-0.15, -0.1) is 0 Å². The fourth-order valence-corrected chi connectivity index (χ4v) is 0. The summed E-state index contributed by atoms with van der Waals surface area (Å²) in [6.45, 7) is 0. The molecule has 0 amide bonds. The van der Waals surface area contributed by atoms with E-state index in [1.165, 1.54) is 0 Å². The van der Waals surface area contributed by atoms with Crippen molar-refractivity contribution in [2.75, 3.05) is 0 Å². The van der Waals surface area contributed by atoms with E-state index < -0.39 is 0 Å². The first-order valence-electron chi connectivity index (χ1n) is 0. The molecule has 0 rings (SSSR count). The van der Waals surface area contributed by atoms with Gasteiger partial charge in [0.25, 0.3) is 0 Å². The Bertz CT molecular complexity index is 11.6. The summed E-state index contributed by atoms with van der Waals surface area (Å²) in [5.74, 6) is 0. The molecule has 0 aromatic carbocycles. The van der Waals surface area contributed by atoms with E-state index in [1.807, 2.05) is 0 Å². The van der Waals surface area contributed by atoms with Gasteiger partial charge < -0.3 is 5.48 Å². The molecule has 2 radical (unpaired) electrons. The van der Waals surface area contributed by atoms with Crippen molar-refractivity contribution in [3.8, 4) is 0 Å². The molecule has 0 saturated heterocycles. The zero-order valence-corrected chi connectivity index (χ0v) is 6.67. The summed E-state index contributed by atoms with van der Waals surface area (Å²) in [6.07, 6.45) is 0. The van der Waals surface area contributed by atoms with Crippen molar-refractivity contribution in [2.24, 2.45) is 0 Å². The number of hydrogen-bond donors (Lipinski definition) is 0. The van der Waals surface area contributed by atoms with Crippen LogP contribution < -0.4 is 0 Å². The largest absolute Gasteiger partial charge is 0.412 e. The molecule has 0 aliphatic carbocycles. The summed E-state index contributed by atoms with van der Waals surface area (Å²) in [7, 11) is 0.